The number of ether oxygens (including phenoxy) is 1. The summed E-state index contributed by atoms with van der Waals surface area (Å²) < 4.78 is 5.67. The lowest BCUT2D eigenvalue weighted by molar-refractivity contribution is 0.340. The third kappa shape index (κ3) is 3.58. The minimum Gasteiger partial charge on any atom is -0.494 e. The van der Waals surface area contributed by atoms with E-state index in [1.807, 2.05) is 31.2 Å². The van der Waals surface area contributed by atoms with E-state index in [-0.39, 0.29) is 0 Å². The van der Waals surface area contributed by atoms with E-state index in [4.69, 9.17) is 22.1 Å². The Hall–Kier alpha value is -1.97. The molecule has 0 radical (unpaired) electrons. The molecule has 126 valence electrons. The normalized spacial score (nSPS) is 11.1. The molecule has 1 aromatic heterocycles. The molecular weight excluding hydrogens is 320 g/mol. The van der Waals surface area contributed by atoms with Crippen LogP contribution in [0, 0.1) is 0 Å². The van der Waals surface area contributed by atoms with Crippen LogP contribution >= 0.6 is 11.6 Å². The minimum absolute atomic E-state index is 0.666. The van der Waals surface area contributed by atoms with Crippen LogP contribution in [0.2, 0.25) is 5.02 Å². The predicted octanol–water partition coefficient (Wildman–Crippen LogP) is 5.17. The van der Waals surface area contributed by atoms with Crippen LogP contribution in [0.15, 0.2) is 42.5 Å². The molecule has 0 bridgehead atoms. The van der Waals surface area contributed by atoms with Crippen molar-refractivity contribution < 1.29 is 4.74 Å². The highest BCUT2D eigenvalue weighted by Crippen LogP contribution is 2.34. The van der Waals surface area contributed by atoms with Crippen LogP contribution in [-0.4, -0.2) is 18.1 Å². The molecule has 4 heteroatoms. The van der Waals surface area contributed by atoms with E-state index in [2.05, 4.69) is 23.2 Å². The molecule has 0 unspecified atom stereocenters. The largest absolute Gasteiger partial charge is 0.494 e. The maximum atomic E-state index is 6.19. The standard InChI is InChI=1S/C20H23ClN2O/c1-2-24-16-9-10-19-18(13-16)17(8-3-4-11-22)20(23-19)14-6-5-7-15(21)12-14/h5-7,9-10,12-13,23H,2-4,8,11,22H2,1H3. The number of fused-ring (bicyclic) bond motifs is 1. The third-order valence-corrected chi connectivity index (χ3v) is 4.42. The molecule has 1 heterocycles. The number of hydrogen-bond acceptors (Lipinski definition) is 2. The number of nitrogens with one attached hydrogen (secondary N) is 1. The molecule has 0 atom stereocenters. The second-order valence-electron chi connectivity index (χ2n) is 5.88. The molecule has 0 amide bonds. The fourth-order valence-corrected chi connectivity index (χ4v) is 3.27. The van der Waals surface area contributed by atoms with E-state index in [1.165, 1.54) is 10.9 Å². The van der Waals surface area contributed by atoms with Crippen LogP contribution in [-0.2, 0) is 6.42 Å². The van der Waals surface area contributed by atoms with Gasteiger partial charge in [-0.25, -0.2) is 0 Å². The van der Waals surface area contributed by atoms with Gasteiger partial charge in [0.25, 0.3) is 0 Å². The van der Waals surface area contributed by atoms with E-state index in [9.17, 15) is 0 Å². The number of hydrogen-bond donors (Lipinski definition) is 2. The Kier molecular flexibility index (Phi) is 5.44. The summed E-state index contributed by atoms with van der Waals surface area (Å²) in [6, 6.07) is 14.2. The Bertz CT molecular complexity index is 826. The summed E-state index contributed by atoms with van der Waals surface area (Å²) in [5.74, 6) is 0.904. The summed E-state index contributed by atoms with van der Waals surface area (Å²) in [6.45, 7) is 3.39. The minimum atomic E-state index is 0.666. The highest BCUT2D eigenvalue weighted by molar-refractivity contribution is 6.30. The Morgan fingerprint density at radius 1 is 1.12 bits per heavy atom. The number of rotatable bonds is 7. The Morgan fingerprint density at radius 3 is 2.75 bits per heavy atom. The number of aromatic amines is 1. The first-order chi connectivity index (χ1) is 11.7. The highest BCUT2D eigenvalue weighted by Gasteiger charge is 2.14. The van der Waals surface area contributed by atoms with Gasteiger partial charge in [-0.2, -0.15) is 0 Å². The molecule has 3 N–H and O–H groups in total. The van der Waals surface area contributed by atoms with Crippen LogP contribution in [0.4, 0.5) is 0 Å². The molecule has 3 nitrogen and oxygen atoms in total. The van der Waals surface area contributed by atoms with Gasteiger partial charge in [-0.15, -0.1) is 0 Å². The number of benzene rings is 2. The molecule has 3 aromatic rings. The van der Waals surface area contributed by atoms with Crippen LogP contribution in [0.25, 0.3) is 22.2 Å². The lowest BCUT2D eigenvalue weighted by Crippen LogP contribution is -1.99. The Morgan fingerprint density at radius 2 is 2.00 bits per heavy atom. The lowest BCUT2D eigenvalue weighted by atomic mass is 10.00. The zero-order valence-corrected chi connectivity index (χ0v) is 14.7. The first-order valence-electron chi connectivity index (χ1n) is 8.46. The summed E-state index contributed by atoms with van der Waals surface area (Å²) in [7, 11) is 0. The number of halogens is 1. The summed E-state index contributed by atoms with van der Waals surface area (Å²) >= 11 is 6.19. The average Bonchev–Trinajstić information content (AvgIpc) is 2.94. The molecular formula is C20H23ClN2O. The fourth-order valence-electron chi connectivity index (χ4n) is 3.08. The van der Waals surface area contributed by atoms with Crippen LogP contribution in [0.3, 0.4) is 0 Å². The van der Waals surface area contributed by atoms with Crippen molar-refractivity contribution in [2.75, 3.05) is 13.2 Å². The summed E-state index contributed by atoms with van der Waals surface area (Å²) in [6.07, 6.45) is 3.07. The molecule has 0 spiro atoms. The summed E-state index contributed by atoms with van der Waals surface area (Å²) in [5.41, 5.74) is 10.3. The van der Waals surface area contributed by atoms with E-state index in [1.54, 1.807) is 0 Å². The van der Waals surface area contributed by atoms with Gasteiger partial charge < -0.3 is 15.5 Å². The number of aryl methyl sites for hydroxylation is 1. The van der Waals surface area contributed by atoms with Gasteiger partial charge in [0, 0.05) is 21.6 Å². The molecule has 0 fully saturated rings. The van der Waals surface area contributed by atoms with Crippen molar-refractivity contribution in [3.63, 3.8) is 0 Å². The second-order valence-corrected chi connectivity index (χ2v) is 6.31. The van der Waals surface area contributed by atoms with Crippen LogP contribution in [0.1, 0.15) is 25.3 Å². The zero-order valence-electron chi connectivity index (χ0n) is 13.9. The molecule has 24 heavy (non-hydrogen) atoms. The van der Waals surface area contributed by atoms with Crippen molar-refractivity contribution in [1.82, 2.24) is 4.98 Å². The maximum Gasteiger partial charge on any atom is 0.120 e. The van der Waals surface area contributed by atoms with E-state index < -0.39 is 0 Å². The van der Waals surface area contributed by atoms with Crippen molar-refractivity contribution in [2.45, 2.75) is 26.2 Å². The monoisotopic (exact) mass is 342 g/mol. The Balaban J connectivity index is 2.10. The van der Waals surface area contributed by atoms with Gasteiger partial charge in [-0.05, 0) is 74.2 Å². The molecule has 0 aliphatic rings. The van der Waals surface area contributed by atoms with Crippen molar-refractivity contribution in [3.05, 3.63) is 53.1 Å². The molecule has 2 aromatic carbocycles. The molecule has 3 rings (SSSR count). The molecule has 0 saturated carbocycles. The number of H-pyrrole nitrogens is 1. The van der Waals surface area contributed by atoms with Gasteiger partial charge in [0.1, 0.15) is 5.75 Å². The van der Waals surface area contributed by atoms with Gasteiger partial charge in [-0.1, -0.05) is 23.7 Å². The first-order valence-corrected chi connectivity index (χ1v) is 8.84. The van der Waals surface area contributed by atoms with Crippen LogP contribution in [0.5, 0.6) is 5.75 Å². The lowest BCUT2D eigenvalue weighted by Gasteiger charge is -2.07. The van der Waals surface area contributed by atoms with Crippen molar-refractivity contribution >= 4 is 22.5 Å². The second kappa shape index (κ2) is 7.73. The first kappa shape index (κ1) is 16.9. The van der Waals surface area contributed by atoms with Crippen molar-refractivity contribution in [3.8, 4) is 17.0 Å². The maximum absolute atomic E-state index is 6.19. The van der Waals surface area contributed by atoms with E-state index in [0.29, 0.717) is 6.61 Å². The average molecular weight is 343 g/mol. The summed E-state index contributed by atoms with van der Waals surface area (Å²) in [4.78, 5) is 3.56. The van der Waals surface area contributed by atoms with Gasteiger partial charge in [0.05, 0.1) is 6.61 Å². The third-order valence-electron chi connectivity index (χ3n) is 4.18. The molecule has 0 saturated heterocycles. The topological polar surface area (TPSA) is 51.0 Å². The van der Waals surface area contributed by atoms with Crippen molar-refractivity contribution in [2.24, 2.45) is 5.73 Å². The SMILES string of the molecule is CCOc1ccc2[nH]c(-c3cccc(Cl)c3)c(CCCCN)c2c1. The predicted molar refractivity (Wildman–Crippen MR) is 102 cm³/mol. The van der Waals surface area contributed by atoms with Gasteiger partial charge in [0.15, 0.2) is 0 Å². The molecule has 0 aliphatic heterocycles. The Labute approximate surface area is 147 Å². The zero-order chi connectivity index (χ0) is 16.9. The highest BCUT2D eigenvalue weighted by atomic mass is 35.5. The number of unbranched alkanes of at least 4 members (excludes halogenated alkanes) is 1. The van der Waals surface area contributed by atoms with E-state index >= 15 is 0 Å². The number of nitrogens with two attached hydrogens (primary N) is 1. The van der Waals surface area contributed by atoms with Gasteiger partial charge in [-0.3, -0.25) is 0 Å². The van der Waals surface area contributed by atoms with Gasteiger partial charge >= 0.3 is 0 Å². The van der Waals surface area contributed by atoms with E-state index in [0.717, 1.165) is 53.4 Å². The van der Waals surface area contributed by atoms with Crippen LogP contribution < -0.4 is 10.5 Å². The smallest absolute Gasteiger partial charge is 0.120 e. The summed E-state index contributed by atoms with van der Waals surface area (Å²) in [5, 5.41) is 1.96. The quantitative estimate of drug-likeness (QED) is 0.582. The fraction of sp³-hybridized carbons (Fsp3) is 0.300. The van der Waals surface area contributed by atoms with Gasteiger partial charge in [0.2, 0.25) is 0 Å². The number of aromatic nitrogens is 1. The van der Waals surface area contributed by atoms with Crippen molar-refractivity contribution in [1.29, 1.82) is 0 Å². The molecule has 0 aliphatic carbocycles.